The van der Waals surface area contributed by atoms with E-state index < -0.39 is 0 Å². The van der Waals surface area contributed by atoms with Crippen LogP contribution in [-0.4, -0.2) is 0 Å². The summed E-state index contributed by atoms with van der Waals surface area (Å²) in [5.41, 5.74) is 28.2. The summed E-state index contributed by atoms with van der Waals surface area (Å²) in [6.07, 6.45) is 0. The number of anilines is 3. The summed E-state index contributed by atoms with van der Waals surface area (Å²) in [6.45, 7) is 16.6. The SMILES string of the molecule is Cc1ccc(-c2cc3c(c4c2oc2ccccc24)-c2ccc(N(c4ccc(-c5ccccc5)cc4)c4ccc5c(c4)C(C)(C)c4cc6c(cc4-5)C(C)(C)c4ccc5oc7ccccc7c5c4-6)cc2C3(C)C)cc1. The number of rotatable bonds is 5. The maximum atomic E-state index is 6.84. The number of benzene rings is 10. The Morgan fingerprint density at radius 3 is 1.56 bits per heavy atom. The minimum atomic E-state index is -0.307. The van der Waals surface area contributed by atoms with Crippen molar-refractivity contribution in [1.82, 2.24) is 0 Å². The first-order valence-corrected chi connectivity index (χ1v) is 25.8. The maximum absolute atomic E-state index is 6.84. The Bertz CT molecular complexity index is 4330. The molecule has 0 bridgehead atoms. The molecule has 73 heavy (non-hydrogen) atoms. The fourth-order valence-corrected chi connectivity index (χ4v) is 13.4. The molecule has 3 aliphatic rings. The summed E-state index contributed by atoms with van der Waals surface area (Å²) >= 11 is 0. The van der Waals surface area contributed by atoms with Gasteiger partial charge in [-0.3, -0.25) is 0 Å². The highest BCUT2D eigenvalue weighted by atomic mass is 16.3. The Balaban J connectivity index is 0.900. The van der Waals surface area contributed by atoms with Gasteiger partial charge in [0.1, 0.15) is 22.3 Å². The van der Waals surface area contributed by atoms with E-state index in [0.717, 1.165) is 50.3 Å². The highest BCUT2D eigenvalue weighted by Gasteiger charge is 2.44. The summed E-state index contributed by atoms with van der Waals surface area (Å²) in [5.74, 6) is 0. The molecule has 12 aromatic rings. The minimum Gasteiger partial charge on any atom is -0.456 e. The molecule has 0 spiro atoms. The van der Waals surface area contributed by atoms with E-state index in [9.17, 15) is 0 Å². The third-order valence-corrected chi connectivity index (χ3v) is 17.3. The van der Waals surface area contributed by atoms with Crippen LogP contribution in [0, 0.1) is 6.92 Å². The monoisotopic (exact) mass is 939 g/mol. The number of hydrogen-bond acceptors (Lipinski definition) is 3. The van der Waals surface area contributed by atoms with E-state index in [1.807, 2.05) is 0 Å². The minimum absolute atomic E-state index is 0.179. The van der Waals surface area contributed by atoms with Gasteiger partial charge in [-0.05, 0) is 163 Å². The second-order valence-corrected chi connectivity index (χ2v) is 22.5. The molecule has 3 heteroatoms. The van der Waals surface area contributed by atoms with Crippen molar-refractivity contribution in [2.45, 2.75) is 64.7 Å². The van der Waals surface area contributed by atoms with E-state index in [1.54, 1.807) is 0 Å². The first kappa shape index (κ1) is 42.3. The van der Waals surface area contributed by atoms with Crippen LogP contribution in [0.25, 0.3) is 99.5 Å². The van der Waals surface area contributed by atoms with Crippen molar-refractivity contribution in [2.75, 3.05) is 4.90 Å². The van der Waals surface area contributed by atoms with Gasteiger partial charge in [0.2, 0.25) is 0 Å². The van der Waals surface area contributed by atoms with E-state index in [0.29, 0.717) is 0 Å². The van der Waals surface area contributed by atoms with Crippen LogP contribution in [0.2, 0.25) is 0 Å². The number of fused-ring (bicyclic) bond motifs is 17. The standard InChI is InChI=1S/C70H53NO2/c1-40-21-23-43(24-22-40)51-37-59-63(66-50-18-12-14-20-61(50)73-67(51)66)48-32-30-46(36-56(48)70(59,6)7)71(44-27-25-42(26-28-44)41-15-9-8-10-16-41)45-29-31-47-52-38-58-53(39-57(52)69(4,5)55(47)35-45)64-54(68(58,2)3)33-34-62-65(64)49-17-11-13-19-60(49)72-62/h8-39H,1-7H3. The molecule has 350 valence electrons. The van der Waals surface area contributed by atoms with Crippen LogP contribution in [-0.2, 0) is 16.2 Å². The fraction of sp³-hybridized carbons (Fsp3) is 0.143. The van der Waals surface area contributed by atoms with Gasteiger partial charge in [0.05, 0.1) is 0 Å². The van der Waals surface area contributed by atoms with Gasteiger partial charge in [-0.2, -0.15) is 0 Å². The third-order valence-electron chi connectivity index (χ3n) is 17.3. The van der Waals surface area contributed by atoms with E-state index in [-0.39, 0.29) is 16.2 Å². The average molecular weight is 940 g/mol. The smallest absolute Gasteiger partial charge is 0.143 e. The Kier molecular flexibility index (Phi) is 8.47. The summed E-state index contributed by atoms with van der Waals surface area (Å²) in [6, 6.07) is 72.1. The zero-order valence-corrected chi connectivity index (χ0v) is 42.2. The second kappa shape index (κ2) is 14.6. The summed E-state index contributed by atoms with van der Waals surface area (Å²) in [5, 5.41) is 4.74. The first-order valence-electron chi connectivity index (χ1n) is 25.8. The molecule has 0 atom stereocenters. The van der Waals surface area contributed by atoms with Gasteiger partial charge in [0.25, 0.3) is 0 Å². The quantitative estimate of drug-likeness (QED) is 0.172. The van der Waals surface area contributed by atoms with Gasteiger partial charge in [-0.1, -0.05) is 168 Å². The molecule has 3 aliphatic carbocycles. The van der Waals surface area contributed by atoms with E-state index in [1.165, 1.54) is 105 Å². The van der Waals surface area contributed by atoms with Crippen LogP contribution in [0.1, 0.15) is 80.5 Å². The Hall–Kier alpha value is -8.40. The molecular weight excluding hydrogens is 887 g/mol. The topological polar surface area (TPSA) is 29.5 Å². The summed E-state index contributed by atoms with van der Waals surface area (Å²) in [4.78, 5) is 2.48. The zero-order valence-electron chi connectivity index (χ0n) is 42.2. The molecule has 0 saturated heterocycles. The van der Waals surface area contributed by atoms with Crippen molar-refractivity contribution in [3.8, 4) is 55.6 Å². The summed E-state index contributed by atoms with van der Waals surface area (Å²) < 4.78 is 13.3. The predicted octanol–water partition coefficient (Wildman–Crippen LogP) is 19.5. The van der Waals surface area contributed by atoms with Crippen molar-refractivity contribution in [2.24, 2.45) is 0 Å². The number of nitrogens with zero attached hydrogens (tertiary/aromatic N) is 1. The molecule has 15 rings (SSSR count). The zero-order chi connectivity index (χ0) is 49.3. The number of furan rings is 2. The van der Waals surface area contributed by atoms with Crippen LogP contribution in [0.5, 0.6) is 0 Å². The molecular formula is C70H53NO2. The summed E-state index contributed by atoms with van der Waals surface area (Å²) in [7, 11) is 0. The first-order chi connectivity index (χ1) is 35.4. The highest BCUT2D eigenvalue weighted by Crippen LogP contribution is 2.60. The normalized spacial score (nSPS) is 15.1. The number of hydrogen-bond donors (Lipinski definition) is 0. The van der Waals surface area contributed by atoms with Crippen LogP contribution in [0.15, 0.2) is 203 Å². The van der Waals surface area contributed by atoms with Crippen molar-refractivity contribution in [1.29, 1.82) is 0 Å². The van der Waals surface area contributed by atoms with Gasteiger partial charge in [0, 0.05) is 60.4 Å². The maximum Gasteiger partial charge on any atom is 0.143 e. The van der Waals surface area contributed by atoms with Crippen LogP contribution < -0.4 is 4.90 Å². The molecule has 0 amide bonds. The van der Waals surface area contributed by atoms with Crippen LogP contribution in [0.4, 0.5) is 17.1 Å². The molecule has 3 nitrogen and oxygen atoms in total. The lowest BCUT2D eigenvalue weighted by Gasteiger charge is -2.30. The fourth-order valence-electron chi connectivity index (χ4n) is 13.4. The molecule has 0 radical (unpaired) electrons. The van der Waals surface area contributed by atoms with Crippen molar-refractivity contribution >= 4 is 60.9 Å². The third kappa shape index (κ3) is 5.77. The molecule has 0 saturated carbocycles. The molecule has 2 aromatic heterocycles. The Morgan fingerprint density at radius 2 is 0.836 bits per heavy atom. The molecule has 0 unspecified atom stereocenters. The van der Waals surface area contributed by atoms with Crippen molar-refractivity contribution < 1.29 is 8.83 Å². The average Bonchev–Trinajstić information content (AvgIpc) is 4.16. The lowest BCUT2D eigenvalue weighted by atomic mass is 9.79. The molecule has 10 aromatic carbocycles. The van der Waals surface area contributed by atoms with Crippen molar-refractivity contribution in [3.05, 3.63) is 233 Å². The Labute approximate surface area is 426 Å². The van der Waals surface area contributed by atoms with Crippen LogP contribution >= 0.6 is 0 Å². The van der Waals surface area contributed by atoms with Gasteiger partial charge in [-0.15, -0.1) is 0 Å². The molecule has 0 fully saturated rings. The Morgan fingerprint density at radius 1 is 0.329 bits per heavy atom. The largest absolute Gasteiger partial charge is 0.456 e. The lowest BCUT2D eigenvalue weighted by Crippen LogP contribution is -2.18. The number of para-hydroxylation sites is 2. The van der Waals surface area contributed by atoms with E-state index in [2.05, 4.69) is 247 Å². The second-order valence-electron chi connectivity index (χ2n) is 22.5. The van der Waals surface area contributed by atoms with E-state index in [4.69, 9.17) is 8.83 Å². The molecule has 0 aliphatic heterocycles. The lowest BCUT2D eigenvalue weighted by molar-refractivity contribution is 0.651. The van der Waals surface area contributed by atoms with E-state index >= 15 is 0 Å². The van der Waals surface area contributed by atoms with Crippen LogP contribution in [0.3, 0.4) is 0 Å². The number of aryl methyl sites for hydroxylation is 1. The van der Waals surface area contributed by atoms with Gasteiger partial charge in [0.15, 0.2) is 0 Å². The molecule has 0 N–H and O–H groups in total. The van der Waals surface area contributed by atoms with Gasteiger partial charge in [-0.25, -0.2) is 0 Å². The highest BCUT2D eigenvalue weighted by molar-refractivity contribution is 6.19. The predicted molar refractivity (Wildman–Crippen MR) is 304 cm³/mol. The van der Waals surface area contributed by atoms with Gasteiger partial charge >= 0.3 is 0 Å². The van der Waals surface area contributed by atoms with Crippen molar-refractivity contribution in [3.63, 3.8) is 0 Å². The van der Waals surface area contributed by atoms with Gasteiger partial charge < -0.3 is 13.7 Å². The molecule has 2 heterocycles.